The molecule has 3 heterocycles. The smallest absolute Gasteiger partial charge is 0.229 e. The van der Waals surface area contributed by atoms with Gasteiger partial charge in [-0.15, -0.1) is 0 Å². The number of benzene rings is 1. The van der Waals surface area contributed by atoms with Crippen LogP contribution in [0.4, 0.5) is 5.13 Å². The van der Waals surface area contributed by atoms with E-state index in [4.69, 9.17) is 0 Å². The molecule has 1 aromatic carbocycles. The lowest BCUT2D eigenvalue weighted by Gasteiger charge is -2.27. The molecule has 0 aliphatic carbocycles. The molecule has 25 heavy (non-hydrogen) atoms. The van der Waals surface area contributed by atoms with Gasteiger partial charge in [0.15, 0.2) is 5.13 Å². The van der Waals surface area contributed by atoms with Gasteiger partial charge in [-0.25, -0.2) is 9.97 Å². The molecule has 1 saturated heterocycles. The lowest BCUT2D eigenvalue weighted by molar-refractivity contribution is -0.121. The molecule has 1 N–H and O–H groups in total. The molecule has 1 aliphatic rings. The Kier molecular flexibility index (Phi) is 4.27. The van der Waals surface area contributed by atoms with Gasteiger partial charge in [0, 0.05) is 19.2 Å². The monoisotopic (exact) mass is 355 g/mol. The number of anilines is 1. The number of rotatable bonds is 3. The van der Waals surface area contributed by atoms with Gasteiger partial charge in [-0.2, -0.15) is 0 Å². The van der Waals surface area contributed by atoms with Crippen molar-refractivity contribution in [3.8, 4) is 10.4 Å². The molecular formula is C18H21N5OS. The van der Waals surface area contributed by atoms with Crippen LogP contribution in [0.2, 0.25) is 0 Å². The minimum Gasteiger partial charge on any atom is -0.334 e. The third-order valence-electron chi connectivity index (χ3n) is 4.84. The van der Waals surface area contributed by atoms with Crippen LogP contribution in [0, 0.1) is 5.92 Å². The van der Waals surface area contributed by atoms with Crippen LogP contribution >= 0.6 is 11.3 Å². The van der Waals surface area contributed by atoms with E-state index < -0.39 is 0 Å². The van der Waals surface area contributed by atoms with E-state index in [9.17, 15) is 4.79 Å². The average molecular weight is 355 g/mol. The molecule has 2 aromatic heterocycles. The summed E-state index contributed by atoms with van der Waals surface area (Å²) >= 11 is 1.51. The first-order valence-electron chi connectivity index (χ1n) is 8.47. The molecule has 130 valence electrons. The molecule has 0 unspecified atom stereocenters. The van der Waals surface area contributed by atoms with Crippen LogP contribution < -0.4 is 5.32 Å². The second-order valence-electron chi connectivity index (χ2n) is 6.66. The van der Waals surface area contributed by atoms with Gasteiger partial charge < -0.3 is 14.8 Å². The van der Waals surface area contributed by atoms with Crippen molar-refractivity contribution in [3.63, 3.8) is 0 Å². The SMILES string of the molecule is CN1CCC(C(=O)Nc2ncc(-c3ccc4ncn(C)c4c3)s2)CC1. The molecule has 1 aliphatic heterocycles. The third-order valence-corrected chi connectivity index (χ3v) is 5.80. The highest BCUT2D eigenvalue weighted by molar-refractivity contribution is 7.19. The number of carbonyl (C=O) groups is 1. The number of likely N-dealkylation sites (tertiary alicyclic amines) is 1. The topological polar surface area (TPSA) is 63.1 Å². The van der Waals surface area contributed by atoms with Crippen LogP contribution in [0.5, 0.6) is 0 Å². The first-order chi connectivity index (χ1) is 12.1. The van der Waals surface area contributed by atoms with E-state index in [0.29, 0.717) is 5.13 Å². The number of thiazole rings is 1. The minimum atomic E-state index is 0.0920. The fourth-order valence-electron chi connectivity index (χ4n) is 3.22. The zero-order valence-corrected chi connectivity index (χ0v) is 15.2. The summed E-state index contributed by atoms with van der Waals surface area (Å²) in [6.07, 6.45) is 5.47. The fourth-order valence-corrected chi connectivity index (χ4v) is 4.04. The quantitative estimate of drug-likeness (QED) is 0.784. The first kappa shape index (κ1) is 16.2. The normalized spacial score (nSPS) is 16.4. The molecular weight excluding hydrogens is 334 g/mol. The highest BCUT2D eigenvalue weighted by Gasteiger charge is 2.24. The van der Waals surface area contributed by atoms with Crippen molar-refractivity contribution in [1.29, 1.82) is 0 Å². The Labute approximate surface area is 150 Å². The molecule has 7 heteroatoms. The standard InChI is InChI=1S/C18H21N5OS/c1-22-7-5-12(6-8-22)17(24)21-18-19-10-16(25-18)13-3-4-14-15(9-13)23(2)11-20-14/h3-4,9-12H,5-8H2,1-2H3,(H,19,21,24). The molecule has 0 spiro atoms. The van der Waals surface area contributed by atoms with Crippen molar-refractivity contribution in [1.82, 2.24) is 19.4 Å². The highest BCUT2D eigenvalue weighted by atomic mass is 32.1. The Morgan fingerprint density at radius 2 is 2.04 bits per heavy atom. The molecule has 4 rings (SSSR count). The fraction of sp³-hybridized carbons (Fsp3) is 0.389. The van der Waals surface area contributed by atoms with Crippen LogP contribution in [-0.4, -0.2) is 45.5 Å². The van der Waals surface area contributed by atoms with Crippen molar-refractivity contribution in [2.45, 2.75) is 12.8 Å². The van der Waals surface area contributed by atoms with E-state index in [0.717, 1.165) is 47.4 Å². The van der Waals surface area contributed by atoms with Gasteiger partial charge in [-0.05, 0) is 50.7 Å². The summed E-state index contributed by atoms with van der Waals surface area (Å²) < 4.78 is 2.00. The number of amides is 1. The molecule has 1 amide bonds. The summed E-state index contributed by atoms with van der Waals surface area (Å²) in [7, 11) is 4.08. The highest BCUT2D eigenvalue weighted by Crippen LogP contribution is 2.31. The number of hydrogen-bond acceptors (Lipinski definition) is 5. The number of hydrogen-bond donors (Lipinski definition) is 1. The summed E-state index contributed by atoms with van der Waals surface area (Å²) in [6, 6.07) is 6.17. The third kappa shape index (κ3) is 3.29. The second kappa shape index (κ2) is 6.57. The summed E-state index contributed by atoms with van der Waals surface area (Å²) in [5, 5.41) is 3.66. The average Bonchev–Trinajstić information content (AvgIpc) is 3.22. The van der Waals surface area contributed by atoms with Gasteiger partial charge in [0.1, 0.15) is 0 Å². The summed E-state index contributed by atoms with van der Waals surface area (Å²) in [5.41, 5.74) is 3.16. The summed E-state index contributed by atoms with van der Waals surface area (Å²) in [4.78, 5) is 24.5. The maximum Gasteiger partial charge on any atom is 0.229 e. The molecule has 3 aromatic rings. The van der Waals surface area contributed by atoms with Crippen LogP contribution in [0.1, 0.15) is 12.8 Å². The van der Waals surface area contributed by atoms with Gasteiger partial charge in [0.05, 0.1) is 22.2 Å². The van der Waals surface area contributed by atoms with Crippen LogP contribution in [0.3, 0.4) is 0 Å². The predicted octanol–water partition coefficient (Wildman–Crippen LogP) is 2.98. The zero-order valence-electron chi connectivity index (χ0n) is 14.4. The first-order valence-corrected chi connectivity index (χ1v) is 9.28. The minimum absolute atomic E-state index is 0.0920. The van der Waals surface area contributed by atoms with Crippen LogP contribution in [-0.2, 0) is 11.8 Å². The lowest BCUT2D eigenvalue weighted by atomic mass is 9.96. The largest absolute Gasteiger partial charge is 0.334 e. The van der Waals surface area contributed by atoms with E-state index in [1.165, 1.54) is 11.3 Å². The van der Waals surface area contributed by atoms with E-state index in [-0.39, 0.29) is 11.8 Å². The maximum atomic E-state index is 12.4. The Balaban J connectivity index is 1.49. The van der Waals surface area contributed by atoms with Crippen LogP contribution in [0.15, 0.2) is 30.7 Å². The molecule has 0 atom stereocenters. The molecule has 0 saturated carbocycles. The van der Waals surface area contributed by atoms with Crippen molar-refractivity contribution in [2.24, 2.45) is 13.0 Å². The van der Waals surface area contributed by atoms with E-state index in [1.807, 2.05) is 36.3 Å². The Hall–Kier alpha value is -2.25. The number of piperidine rings is 1. The van der Waals surface area contributed by atoms with Crippen LogP contribution in [0.25, 0.3) is 21.5 Å². The number of nitrogens with zero attached hydrogens (tertiary/aromatic N) is 4. The number of aryl methyl sites for hydroxylation is 1. The number of aromatic nitrogens is 3. The Bertz CT molecular complexity index is 907. The number of carbonyl (C=O) groups excluding carboxylic acids is 1. The summed E-state index contributed by atoms with van der Waals surface area (Å²) in [6.45, 7) is 1.96. The number of fused-ring (bicyclic) bond motifs is 1. The Morgan fingerprint density at radius 3 is 2.84 bits per heavy atom. The van der Waals surface area contributed by atoms with Gasteiger partial charge in [0.25, 0.3) is 0 Å². The van der Waals surface area contributed by atoms with E-state index >= 15 is 0 Å². The predicted molar refractivity (Wildman–Crippen MR) is 101 cm³/mol. The number of nitrogens with one attached hydrogen (secondary N) is 1. The van der Waals surface area contributed by atoms with Crippen molar-refractivity contribution < 1.29 is 4.79 Å². The summed E-state index contributed by atoms with van der Waals surface area (Å²) in [5.74, 6) is 0.186. The zero-order chi connectivity index (χ0) is 17.4. The van der Waals surface area contributed by atoms with Gasteiger partial charge in [-0.1, -0.05) is 17.4 Å². The van der Waals surface area contributed by atoms with Crippen molar-refractivity contribution in [3.05, 3.63) is 30.7 Å². The van der Waals surface area contributed by atoms with E-state index in [2.05, 4.69) is 33.3 Å². The Morgan fingerprint density at radius 1 is 1.24 bits per heavy atom. The van der Waals surface area contributed by atoms with Gasteiger partial charge in [0.2, 0.25) is 5.91 Å². The van der Waals surface area contributed by atoms with Crippen molar-refractivity contribution >= 4 is 33.4 Å². The second-order valence-corrected chi connectivity index (χ2v) is 7.69. The number of imidazole rings is 1. The van der Waals surface area contributed by atoms with E-state index in [1.54, 1.807) is 0 Å². The molecule has 6 nitrogen and oxygen atoms in total. The maximum absolute atomic E-state index is 12.4. The van der Waals surface area contributed by atoms with Gasteiger partial charge >= 0.3 is 0 Å². The molecule has 0 radical (unpaired) electrons. The van der Waals surface area contributed by atoms with Crippen molar-refractivity contribution in [2.75, 3.05) is 25.5 Å². The molecule has 0 bridgehead atoms. The molecule has 1 fully saturated rings. The van der Waals surface area contributed by atoms with Gasteiger partial charge in [-0.3, -0.25) is 4.79 Å². The lowest BCUT2D eigenvalue weighted by Crippen LogP contribution is -2.35.